The Kier molecular flexibility index (Phi) is 4.66. The van der Waals surface area contributed by atoms with Crippen molar-refractivity contribution in [3.8, 4) is 0 Å². The average molecular weight is 391 g/mol. The first-order valence-electron chi connectivity index (χ1n) is 8.92. The summed E-state index contributed by atoms with van der Waals surface area (Å²) in [5.41, 5.74) is -0.678. The van der Waals surface area contributed by atoms with E-state index >= 15 is 0 Å². The lowest BCUT2D eigenvalue weighted by Gasteiger charge is -2.18. The van der Waals surface area contributed by atoms with Crippen LogP contribution in [0.4, 0.5) is 0 Å². The van der Waals surface area contributed by atoms with Gasteiger partial charge in [-0.1, -0.05) is 0 Å². The molecule has 2 aromatic rings. The molecule has 1 saturated carbocycles. The van der Waals surface area contributed by atoms with Gasteiger partial charge in [0.15, 0.2) is 0 Å². The lowest BCUT2D eigenvalue weighted by molar-refractivity contribution is -0.152. The number of rotatable bonds is 4. The molecule has 3 rings (SSSR count). The highest BCUT2D eigenvalue weighted by Gasteiger charge is 2.42. The normalized spacial score (nSPS) is 16.2. The molecule has 146 valence electrons. The SMILES string of the molecule is Cc1c(C=NCC(=O)OC(C)(C)C)sc2c1c(=O)n(C1(C)CC1)c(=O)n2C. The lowest BCUT2D eigenvalue weighted by atomic mass is 10.2. The van der Waals surface area contributed by atoms with Crippen LogP contribution in [0.2, 0.25) is 0 Å². The quantitative estimate of drug-likeness (QED) is 0.592. The van der Waals surface area contributed by atoms with Gasteiger partial charge >= 0.3 is 11.7 Å². The third-order valence-corrected chi connectivity index (χ3v) is 6.03. The van der Waals surface area contributed by atoms with Crippen molar-refractivity contribution in [2.75, 3.05) is 6.54 Å². The largest absolute Gasteiger partial charge is 0.459 e. The second kappa shape index (κ2) is 6.44. The number of hydrogen-bond acceptors (Lipinski definition) is 6. The maximum atomic E-state index is 13.0. The molecule has 0 aromatic carbocycles. The minimum absolute atomic E-state index is 0.0911. The maximum absolute atomic E-state index is 13.0. The van der Waals surface area contributed by atoms with Crippen LogP contribution >= 0.6 is 11.3 Å². The van der Waals surface area contributed by atoms with Gasteiger partial charge in [0.05, 0.1) is 15.8 Å². The Morgan fingerprint density at radius 2 is 1.96 bits per heavy atom. The predicted octanol–water partition coefficient (Wildman–Crippen LogP) is 2.34. The van der Waals surface area contributed by atoms with E-state index in [0.717, 1.165) is 23.3 Å². The molecular formula is C19H25N3O4S. The Morgan fingerprint density at radius 3 is 2.52 bits per heavy atom. The summed E-state index contributed by atoms with van der Waals surface area (Å²) >= 11 is 1.33. The van der Waals surface area contributed by atoms with Gasteiger partial charge in [0.1, 0.15) is 17.0 Å². The monoisotopic (exact) mass is 391 g/mol. The van der Waals surface area contributed by atoms with Crippen LogP contribution in [0, 0.1) is 6.92 Å². The van der Waals surface area contributed by atoms with Crippen LogP contribution in [0.5, 0.6) is 0 Å². The van der Waals surface area contributed by atoms with Gasteiger partial charge < -0.3 is 4.74 Å². The number of hydrogen-bond donors (Lipinski definition) is 0. The van der Waals surface area contributed by atoms with Crippen molar-refractivity contribution in [2.45, 2.75) is 58.6 Å². The maximum Gasteiger partial charge on any atom is 0.332 e. The molecule has 27 heavy (non-hydrogen) atoms. The average Bonchev–Trinajstić information content (AvgIpc) is 3.17. The fourth-order valence-electron chi connectivity index (χ4n) is 3.02. The van der Waals surface area contributed by atoms with Gasteiger partial charge in [-0.3, -0.25) is 23.7 Å². The van der Waals surface area contributed by atoms with Gasteiger partial charge in [-0.05, 0) is 53.0 Å². The van der Waals surface area contributed by atoms with E-state index in [4.69, 9.17) is 4.74 Å². The van der Waals surface area contributed by atoms with E-state index in [2.05, 4.69) is 4.99 Å². The smallest absolute Gasteiger partial charge is 0.332 e. The van der Waals surface area contributed by atoms with Gasteiger partial charge in [0.2, 0.25) is 0 Å². The highest BCUT2D eigenvalue weighted by Crippen LogP contribution is 2.41. The second-order valence-electron chi connectivity index (χ2n) is 8.31. The van der Waals surface area contributed by atoms with E-state index in [1.54, 1.807) is 34.0 Å². The van der Waals surface area contributed by atoms with Crippen LogP contribution in [0.25, 0.3) is 10.2 Å². The minimum Gasteiger partial charge on any atom is -0.459 e. The zero-order valence-corrected chi connectivity index (χ0v) is 17.4. The van der Waals surface area contributed by atoms with Gasteiger partial charge in [-0.2, -0.15) is 0 Å². The standard InChI is InChI=1S/C19H25N3O4S/c1-11-12(9-20-10-13(23)26-18(2,3)4)27-16-14(11)15(24)22(17(25)21(16)6)19(5)7-8-19/h9H,7-8,10H2,1-6H3. The van der Waals surface area contributed by atoms with Crippen molar-refractivity contribution < 1.29 is 9.53 Å². The van der Waals surface area contributed by atoms with Crippen LogP contribution in [-0.2, 0) is 22.1 Å². The summed E-state index contributed by atoms with van der Waals surface area (Å²) in [6.45, 7) is 9.10. The van der Waals surface area contributed by atoms with Gasteiger partial charge in [0, 0.05) is 13.3 Å². The molecule has 2 heterocycles. The van der Waals surface area contributed by atoms with Gasteiger partial charge in [-0.15, -0.1) is 11.3 Å². The Hall–Kier alpha value is -2.22. The molecule has 0 spiro atoms. The summed E-state index contributed by atoms with van der Waals surface area (Å²) in [6, 6.07) is 0. The number of esters is 1. The Bertz CT molecular complexity index is 1060. The predicted molar refractivity (Wildman–Crippen MR) is 107 cm³/mol. The summed E-state index contributed by atoms with van der Waals surface area (Å²) in [5.74, 6) is -0.408. The molecule has 1 fully saturated rings. The Balaban J connectivity index is 1.99. The van der Waals surface area contributed by atoms with Crippen molar-refractivity contribution in [1.82, 2.24) is 9.13 Å². The first kappa shape index (κ1) is 19.5. The number of carbonyl (C=O) groups is 1. The third kappa shape index (κ3) is 3.63. The molecule has 0 unspecified atom stereocenters. The number of aromatic nitrogens is 2. The first-order valence-corrected chi connectivity index (χ1v) is 9.73. The van der Waals surface area contributed by atoms with Gasteiger partial charge in [0.25, 0.3) is 5.56 Å². The highest BCUT2D eigenvalue weighted by molar-refractivity contribution is 7.20. The lowest BCUT2D eigenvalue weighted by Crippen LogP contribution is -2.43. The van der Waals surface area contributed by atoms with Crippen LogP contribution in [0.3, 0.4) is 0 Å². The van der Waals surface area contributed by atoms with Crippen LogP contribution in [-0.4, -0.2) is 33.5 Å². The van der Waals surface area contributed by atoms with Crippen LogP contribution in [0.1, 0.15) is 51.0 Å². The van der Waals surface area contributed by atoms with Gasteiger partial charge in [-0.25, -0.2) is 4.79 Å². The molecular weight excluding hydrogens is 366 g/mol. The van der Waals surface area contributed by atoms with E-state index < -0.39 is 11.6 Å². The first-order chi connectivity index (χ1) is 12.4. The Labute approximate surface area is 161 Å². The number of carbonyl (C=O) groups excluding carboxylic acids is 1. The molecule has 0 aliphatic heterocycles. The van der Waals surface area contributed by atoms with E-state index in [1.165, 1.54) is 20.5 Å². The molecule has 7 nitrogen and oxygen atoms in total. The molecule has 0 amide bonds. The van der Waals surface area contributed by atoms with E-state index in [0.29, 0.717) is 10.2 Å². The molecule has 2 aromatic heterocycles. The highest BCUT2D eigenvalue weighted by atomic mass is 32.1. The van der Waals surface area contributed by atoms with Crippen molar-refractivity contribution >= 4 is 33.7 Å². The number of nitrogens with zero attached hydrogens (tertiary/aromatic N) is 3. The van der Waals surface area contributed by atoms with Crippen molar-refractivity contribution in [3.63, 3.8) is 0 Å². The van der Waals surface area contributed by atoms with Crippen molar-refractivity contribution in [2.24, 2.45) is 12.0 Å². The molecule has 0 atom stereocenters. The molecule has 0 N–H and O–H groups in total. The number of fused-ring (bicyclic) bond motifs is 1. The summed E-state index contributed by atoms with van der Waals surface area (Å²) < 4.78 is 8.15. The molecule has 1 aliphatic carbocycles. The third-order valence-electron chi connectivity index (χ3n) is 4.73. The number of ether oxygens (including phenoxy) is 1. The number of thiophene rings is 1. The van der Waals surface area contributed by atoms with Crippen LogP contribution in [0.15, 0.2) is 14.6 Å². The van der Waals surface area contributed by atoms with E-state index in [1.807, 2.05) is 13.8 Å². The zero-order valence-electron chi connectivity index (χ0n) is 16.6. The molecule has 0 radical (unpaired) electrons. The number of aliphatic imine (C=N–C) groups is 1. The fourth-order valence-corrected chi connectivity index (χ4v) is 4.17. The molecule has 0 bridgehead atoms. The number of aryl methyl sites for hydroxylation is 2. The van der Waals surface area contributed by atoms with E-state index in [9.17, 15) is 14.4 Å². The van der Waals surface area contributed by atoms with Crippen molar-refractivity contribution in [3.05, 3.63) is 31.3 Å². The zero-order chi connectivity index (χ0) is 20.1. The van der Waals surface area contributed by atoms with Crippen LogP contribution < -0.4 is 11.2 Å². The molecule has 1 aliphatic rings. The molecule has 0 saturated heterocycles. The Morgan fingerprint density at radius 1 is 1.33 bits per heavy atom. The summed E-state index contributed by atoms with van der Waals surface area (Å²) in [4.78, 5) is 43.0. The summed E-state index contributed by atoms with van der Waals surface area (Å²) in [7, 11) is 1.68. The van der Waals surface area contributed by atoms with Crippen molar-refractivity contribution in [1.29, 1.82) is 0 Å². The summed E-state index contributed by atoms with van der Waals surface area (Å²) in [6.07, 6.45) is 3.25. The summed E-state index contributed by atoms with van der Waals surface area (Å²) in [5, 5.41) is 0.550. The fraction of sp³-hybridized carbons (Fsp3) is 0.579. The second-order valence-corrected chi connectivity index (χ2v) is 9.34. The topological polar surface area (TPSA) is 82.7 Å². The van der Waals surface area contributed by atoms with E-state index in [-0.39, 0.29) is 23.3 Å². The molecule has 8 heteroatoms. The minimum atomic E-state index is -0.553.